The van der Waals surface area contributed by atoms with Gasteiger partial charge in [0, 0.05) is 48.7 Å². The molecule has 142 valence electrons. The van der Waals surface area contributed by atoms with Gasteiger partial charge in [0.05, 0.1) is 0 Å². The minimum absolute atomic E-state index is 0.0117. The molecule has 0 saturated carbocycles. The minimum atomic E-state index is -0.308. The van der Waals surface area contributed by atoms with Gasteiger partial charge in [0.25, 0.3) is 0 Å². The van der Waals surface area contributed by atoms with E-state index in [-0.39, 0.29) is 17.6 Å². The quantitative estimate of drug-likeness (QED) is 0.544. The molecule has 0 bridgehead atoms. The molecule has 5 nitrogen and oxygen atoms in total. The van der Waals surface area contributed by atoms with Gasteiger partial charge in [0.2, 0.25) is 5.91 Å². The Morgan fingerprint density at radius 2 is 2.07 bits per heavy atom. The van der Waals surface area contributed by atoms with Crippen LogP contribution in [0.5, 0.6) is 0 Å². The van der Waals surface area contributed by atoms with E-state index in [1.807, 2.05) is 24.3 Å². The number of benzene rings is 2. The molecule has 0 aromatic heterocycles. The first kappa shape index (κ1) is 19.2. The summed E-state index contributed by atoms with van der Waals surface area (Å²) in [6, 6.07) is 12.5. The van der Waals surface area contributed by atoms with E-state index in [9.17, 15) is 9.18 Å². The molecule has 1 amide bonds. The molecule has 0 aliphatic carbocycles. The van der Waals surface area contributed by atoms with Crippen LogP contribution in [-0.2, 0) is 11.2 Å². The Bertz CT molecular complexity index is 835. The van der Waals surface area contributed by atoms with Crippen molar-refractivity contribution in [2.75, 3.05) is 25.5 Å². The molecule has 27 heavy (non-hydrogen) atoms. The minimum Gasteiger partial charge on any atom is -0.356 e. The van der Waals surface area contributed by atoms with Crippen LogP contribution in [0.15, 0.2) is 47.5 Å². The van der Waals surface area contributed by atoms with Crippen molar-refractivity contribution in [1.82, 2.24) is 10.6 Å². The Morgan fingerprint density at radius 1 is 1.26 bits per heavy atom. The predicted molar refractivity (Wildman–Crippen MR) is 107 cm³/mol. The first-order valence-electron chi connectivity index (χ1n) is 8.84. The van der Waals surface area contributed by atoms with Crippen LogP contribution >= 0.6 is 11.6 Å². The lowest BCUT2D eigenvalue weighted by Gasteiger charge is -2.26. The molecular formula is C20H22ClFN4O. The number of fused-ring (bicyclic) bond motifs is 1. The van der Waals surface area contributed by atoms with Crippen LogP contribution in [0.3, 0.4) is 0 Å². The first-order chi connectivity index (χ1) is 13.1. The fourth-order valence-electron chi connectivity index (χ4n) is 3.20. The fourth-order valence-corrected chi connectivity index (χ4v) is 3.46. The van der Waals surface area contributed by atoms with Gasteiger partial charge >= 0.3 is 0 Å². The van der Waals surface area contributed by atoms with Crippen LogP contribution in [0, 0.1) is 5.82 Å². The van der Waals surface area contributed by atoms with E-state index in [0.29, 0.717) is 42.5 Å². The summed E-state index contributed by atoms with van der Waals surface area (Å²) in [4.78, 5) is 16.1. The number of halogens is 2. The summed E-state index contributed by atoms with van der Waals surface area (Å²) < 4.78 is 13.8. The van der Waals surface area contributed by atoms with Crippen molar-refractivity contribution in [3.63, 3.8) is 0 Å². The molecular weight excluding hydrogens is 367 g/mol. The van der Waals surface area contributed by atoms with Crippen LogP contribution in [0.25, 0.3) is 0 Å². The van der Waals surface area contributed by atoms with Crippen molar-refractivity contribution >= 4 is 29.2 Å². The maximum absolute atomic E-state index is 13.8. The number of carbonyl (C=O) groups excluding carboxylic acids is 1. The molecule has 2 aromatic carbocycles. The Kier molecular flexibility index (Phi) is 6.29. The van der Waals surface area contributed by atoms with Gasteiger partial charge in [-0.1, -0.05) is 35.9 Å². The first-order valence-corrected chi connectivity index (χ1v) is 9.22. The van der Waals surface area contributed by atoms with Crippen molar-refractivity contribution < 1.29 is 9.18 Å². The zero-order valence-corrected chi connectivity index (χ0v) is 15.8. The van der Waals surface area contributed by atoms with E-state index in [4.69, 9.17) is 11.6 Å². The second-order valence-electron chi connectivity index (χ2n) is 6.37. The van der Waals surface area contributed by atoms with Crippen molar-refractivity contribution in [1.29, 1.82) is 0 Å². The largest absolute Gasteiger partial charge is 0.356 e. The van der Waals surface area contributed by atoms with Crippen molar-refractivity contribution in [2.45, 2.75) is 18.8 Å². The average molecular weight is 389 g/mol. The van der Waals surface area contributed by atoms with Gasteiger partial charge in [-0.25, -0.2) is 4.39 Å². The number of para-hydroxylation sites is 1. The van der Waals surface area contributed by atoms with E-state index in [2.05, 4.69) is 20.9 Å². The summed E-state index contributed by atoms with van der Waals surface area (Å²) in [5.41, 5.74) is 2.45. The molecule has 1 aliphatic heterocycles. The number of hydrogen-bond acceptors (Lipinski definition) is 2. The number of amides is 1. The molecule has 1 heterocycles. The van der Waals surface area contributed by atoms with E-state index < -0.39 is 0 Å². The average Bonchev–Trinajstić information content (AvgIpc) is 2.66. The number of aliphatic imine (C=N–C) groups is 1. The highest BCUT2D eigenvalue weighted by molar-refractivity contribution is 6.31. The Morgan fingerprint density at radius 3 is 2.85 bits per heavy atom. The van der Waals surface area contributed by atoms with Crippen molar-refractivity contribution in [3.8, 4) is 0 Å². The van der Waals surface area contributed by atoms with Crippen LogP contribution in [0.2, 0.25) is 5.02 Å². The maximum Gasteiger partial charge on any atom is 0.225 e. The Balaban J connectivity index is 1.55. The van der Waals surface area contributed by atoms with Crippen molar-refractivity contribution in [3.05, 3.63) is 64.4 Å². The molecule has 7 heteroatoms. The molecule has 3 N–H and O–H groups in total. The van der Waals surface area contributed by atoms with Gasteiger partial charge in [0.1, 0.15) is 5.82 Å². The second-order valence-corrected chi connectivity index (χ2v) is 6.77. The van der Waals surface area contributed by atoms with Crippen LogP contribution in [-0.4, -0.2) is 32.0 Å². The highest BCUT2D eigenvalue weighted by atomic mass is 35.5. The Labute approximate surface area is 163 Å². The third kappa shape index (κ3) is 4.77. The van der Waals surface area contributed by atoms with Crippen LogP contribution in [0.4, 0.5) is 10.1 Å². The summed E-state index contributed by atoms with van der Waals surface area (Å²) in [5.74, 6) is 0.371. The number of hydrogen-bond donors (Lipinski definition) is 3. The topological polar surface area (TPSA) is 65.5 Å². The van der Waals surface area contributed by atoms with Gasteiger partial charge < -0.3 is 16.0 Å². The molecule has 0 saturated heterocycles. The molecule has 1 aliphatic rings. The highest BCUT2D eigenvalue weighted by Gasteiger charge is 2.24. The molecule has 3 rings (SSSR count). The van der Waals surface area contributed by atoms with E-state index in [1.165, 1.54) is 6.07 Å². The lowest BCUT2D eigenvalue weighted by molar-refractivity contribution is -0.116. The summed E-state index contributed by atoms with van der Waals surface area (Å²) in [7, 11) is 1.67. The molecule has 0 fully saturated rings. The van der Waals surface area contributed by atoms with Crippen molar-refractivity contribution in [2.24, 2.45) is 4.99 Å². The van der Waals surface area contributed by atoms with E-state index in [0.717, 1.165) is 11.3 Å². The van der Waals surface area contributed by atoms with Crippen LogP contribution < -0.4 is 16.0 Å². The van der Waals surface area contributed by atoms with E-state index in [1.54, 1.807) is 19.2 Å². The predicted octanol–water partition coefficient (Wildman–Crippen LogP) is 3.31. The Hall–Kier alpha value is -2.60. The SMILES string of the molecule is CN=C(NCCc1c(F)cccc1Cl)NCC1CC(=O)Nc2ccccc21. The molecule has 0 spiro atoms. The number of nitrogens with one attached hydrogen (secondary N) is 3. The lowest BCUT2D eigenvalue weighted by Crippen LogP contribution is -2.41. The van der Waals surface area contributed by atoms with Gasteiger partial charge in [-0.3, -0.25) is 9.79 Å². The fraction of sp³-hybridized carbons (Fsp3) is 0.300. The van der Waals surface area contributed by atoms with Gasteiger partial charge in [-0.2, -0.15) is 0 Å². The second kappa shape index (κ2) is 8.86. The maximum atomic E-state index is 13.8. The number of nitrogens with zero attached hydrogens (tertiary/aromatic N) is 1. The summed E-state index contributed by atoms with van der Waals surface area (Å²) in [5, 5.41) is 9.72. The normalized spacial score (nSPS) is 16.5. The van der Waals surface area contributed by atoms with E-state index >= 15 is 0 Å². The monoisotopic (exact) mass is 388 g/mol. The third-order valence-electron chi connectivity index (χ3n) is 4.58. The van der Waals surface area contributed by atoms with Gasteiger partial charge in [0.15, 0.2) is 5.96 Å². The number of carbonyl (C=O) groups is 1. The lowest BCUT2D eigenvalue weighted by atomic mass is 9.90. The molecule has 2 aromatic rings. The van der Waals surface area contributed by atoms with Crippen LogP contribution in [0.1, 0.15) is 23.5 Å². The van der Waals surface area contributed by atoms with Gasteiger partial charge in [-0.05, 0) is 30.2 Å². The summed E-state index contributed by atoms with van der Waals surface area (Å²) in [6.45, 7) is 1.06. The zero-order chi connectivity index (χ0) is 19.2. The highest BCUT2D eigenvalue weighted by Crippen LogP contribution is 2.31. The molecule has 1 atom stereocenters. The third-order valence-corrected chi connectivity index (χ3v) is 4.93. The zero-order valence-electron chi connectivity index (χ0n) is 15.1. The number of guanidine groups is 1. The summed E-state index contributed by atoms with van der Waals surface area (Å²) >= 11 is 6.05. The number of rotatable bonds is 5. The number of anilines is 1. The summed E-state index contributed by atoms with van der Waals surface area (Å²) in [6.07, 6.45) is 0.868. The van der Waals surface area contributed by atoms with Gasteiger partial charge in [-0.15, -0.1) is 0 Å². The standard InChI is InChI=1S/C20H22ClFN4O/c1-23-20(24-10-9-15-16(21)6-4-7-17(15)22)25-12-13-11-19(27)26-18-8-3-2-5-14(13)18/h2-8,13H,9-12H2,1H3,(H,26,27)(H2,23,24,25). The smallest absolute Gasteiger partial charge is 0.225 e. The molecule has 1 unspecified atom stereocenters. The molecule has 0 radical (unpaired) electrons.